The fraction of sp³-hybridized carbons (Fsp3) is 0. The van der Waals surface area contributed by atoms with Gasteiger partial charge < -0.3 is 0 Å². The van der Waals surface area contributed by atoms with E-state index >= 15 is 0 Å². The van der Waals surface area contributed by atoms with E-state index in [1.54, 1.807) is 12.1 Å². The average molecular weight is 263 g/mol. The molecule has 0 aliphatic heterocycles. The molecule has 0 unspecified atom stereocenters. The van der Waals surface area contributed by atoms with Crippen molar-refractivity contribution in [3.8, 4) is 0 Å². The first kappa shape index (κ1) is 8.29. The second-order valence-electron chi connectivity index (χ2n) is 1.76. The van der Waals surface area contributed by atoms with Crippen molar-refractivity contribution in [1.82, 2.24) is 0 Å². The van der Waals surface area contributed by atoms with E-state index in [0.717, 1.165) is 0 Å². The maximum Gasteiger partial charge on any atom is 0.133 e. The topological polar surface area (TPSA) is 48.8 Å². The molecule has 0 aliphatic rings. The van der Waals surface area contributed by atoms with Gasteiger partial charge in [0.2, 0.25) is 0 Å². The normalized spacial score (nSPS) is 8.91. The Morgan fingerprint density at radius 3 is 2.82 bits per heavy atom. The Labute approximate surface area is 76.0 Å². The van der Waals surface area contributed by atoms with Gasteiger partial charge in [0, 0.05) is 8.48 Å². The SMILES string of the molecule is [N-]=[N+]=Nc1c(F)cccc1I. The monoisotopic (exact) mass is 263 g/mol. The Hall–Kier alpha value is -0.810. The van der Waals surface area contributed by atoms with Gasteiger partial charge in [0.1, 0.15) is 5.82 Å². The van der Waals surface area contributed by atoms with E-state index in [0.29, 0.717) is 3.57 Å². The van der Waals surface area contributed by atoms with Crippen LogP contribution in [0.4, 0.5) is 10.1 Å². The van der Waals surface area contributed by atoms with Crippen LogP contribution >= 0.6 is 22.6 Å². The molecular formula is C6H3FIN3. The minimum absolute atomic E-state index is 0.0654. The van der Waals surface area contributed by atoms with E-state index in [1.165, 1.54) is 6.07 Å². The predicted octanol–water partition coefficient (Wildman–Crippen LogP) is 3.37. The first-order valence-electron chi connectivity index (χ1n) is 2.75. The lowest BCUT2D eigenvalue weighted by molar-refractivity contribution is 0.628. The zero-order valence-corrected chi connectivity index (χ0v) is 7.49. The third kappa shape index (κ3) is 1.81. The van der Waals surface area contributed by atoms with Gasteiger partial charge in [0.15, 0.2) is 0 Å². The minimum atomic E-state index is -0.491. The molecule has 0 N–H and O–H groups in total. The first-order chi connectivity index (χ1) is 5.25. The smallest absolute Gasteiger partial charge is 0.133 e. The Kier molecular flexibility index (Phi) is 2.67. The molecule has 1 rings (SSSR count). The van der Waals surface area contributed by atoms with E-state index < -0.39 is 5.82 Å². The lowest BCUT2D eigenvalue weighted by Crippen LogP contribution is -1.77. The van der Waals surface area contributed by atoms with E-state index in [1.807, 2.05) is 22.6 Å². The Morgan fingerprint density at radius 1 is 1.55 bits per heavy atom. The Morgan fingerprint density at radius 2 is 2.27 bits per heavy atom. The molecule has 3 nitrogen and oxygen atoms in total. The molecule has 11 heavy (non-hydrogen) atoms. The van der Waals surface area contributed by atoms with Gasteiger partial charge in [0.25, 0.3) is 0 Å². The summed E-state index contributed by atoms with van der Waals surface area (Å²) in [5, 5.41) is 3.20. The highest BCUT2D eigenvalue weighted by atomic mass is 127. The van der Waals surface area contributed by atoms with Crippen LogP contribution in [-0.4, -0.2) is 0 Å². The van der Waals surface area contributed by atoms with Crippen LogP contribution in [0.25, 0.3) is 10.4 Å². The molecule has 1 aromatic carbocycles. The van der Waals surface area contributed by atoms with Crippen LogP contribution in [-0.2, 0) is 0 Å². The summed E-state index contributed by atoms with van der Waals surface area (Å²) in [6.07, 6.45) is 0. The predicted molar refractivity (Wildman–Crippen MR) is 47.9 cm³/mol. The van der Waals surface area contributed by atoms with Gasteiger partial charge in [-0.3, -0.25) is 0 Å². The van der Waals surface area contributed by atoms with Crippen molar-refractivity contribution in [2.75, 3.05) is 0 Å². The molecule has 0 fully saturated rings. The zero-order chi connectivity index (χ0) is 8.27. The van der Waals surface area contributed by atoms with Crippen LogP contribution in [0.3, 0.4) is 0 Å². The van der Waals surface area contributed by atoms with Gasteiger partial charge in [-0.05, 0) is 40.3 Å². The largest absolute Gasteiger partial charge is 0.206 e. The molecule has 0 saturated carbocycles. The second-order valence-corrected chi connectivity index (χ2v) is 2.92. The number of benzene rings is 1. The van der Waals surface area contributed by atoms with Gasteiger partial charge >= 0.3 is 0 Å². The lowest BCUT2D eigenvalue weighted by atomic mass is 10.3. The van der Waals surface area contributed by atoms with Crippen LogP contribution in [0, 0.1) is 9.39 Å². The van der Waals surface area contributed by atoms with Crippen molar-refractivity contribution in [2.24, 2.45) is 5.11 Å². The number of hydrogen-bond donors (Lipinski definition) is 0. The van der Waals surface area contributed by atoms with E-state index in [9.17, 15) is 4.39 Å². The molecule has 0 spiro atoms. The highest BCUT2D eigenvalue weighted by molar-refractivity contribution is 14.1. The maximum atomic E-state index is 12.8. The quantitative estimate of drug-likeness (QED) is 0.323. The number of nitrogens with zero attached hydrogens (tertiary/aromatic N) is 3. The molecule has 56 valence electrons. The maximum absolute atomic E-state index is 12.8. The summed E-state index contributed by atoms with van der Waals surface area (Å²) in [6, 6.07) is 4.49. The summed E-state index contributed by atoms with van der Waals surface area (Å²) in [5.74, 6) is -0.491. The molecule has 0 heterocycles. The number of halogens is 2. The van der Waals surface area contributed by atoms with Gasteiger partial charge in [-0.2, -0.15) is 0 Å². The molecule has 5 heteroatoms. The van der Waals surface area contributed by atoms with Crippen molar-refractivity contribution in [3.05, 3.63) is 38.0 Å². The molecule has 0 bridgehead atoms. The zero-order valence-electron chi connectivity index (χ0n) is 5.33. The molecular weight excluding hydrogens is 260 g/mol. The van der Waals surface area contributed by atoms with Gasteiger partial charge in [0.05, 0.1) is 5.69 Å². The first-order valence-corrected chi connectivity index (χ1v) is 3.82. The Balaban J connectivity index is 3.31. The number of hydrogen-bond acceptors (Lipinski definition) is 1. The Bertz CT molecular complexity index is 299. The van der Waals surface area contributed by atoms with Crippen molar-refractivity contribution < 1.29 is 4.39 Å². The van der Waals surface area contributed by atoms with Crippen LogP contribution in [0.2, 0.25) is 0 Å². The van der Waals surface area contributed by atoms with E-state index in [-0.39, 0.29) is 5.69 Å². The summed E-state index contributed by atoms with van der Waals surface area (Å²) >= 11 is 1.90. The summed E-state index contributed by atoms with van der Waals surface area (Å²) in [6.45, 7) is 0. The summed E-state index contributed by atoms with van der Waals surface area (Å²) < 4.78 is 13.4. The highest BCUT2D eigenvalue weighted by Gasteiger charge is 2.01. The summed E-state index contributed by atoms with van der Waals surface area (Å²) in [4.78, 5) is 2.51. The van der Waals surface area contributed by atoms with Crippen molar-refractivity contribution >= 4 is 28.3 Å². The van der Waals surface area contributed by atoms with Gasteiger partial charge in [-0.25, -0.2) is 4.39 Å². The standard InChI is InChI=1S/C6H3FIN3/c7-4-2-1-3-5(8)6(4)10-11-9/h1-3H. The molecule has 0 aromatic heterocycles. The summed E-state index contributed by atoms with van der Waals surface area (Å²) in [5.41, 5.74) is 8.12. The fourth-order valence-electron chi connectivity index (χ4n) is 0.629. The molecule has 0 saturated heterocycles. The number of rotatable bonds is 1. The van der Waals surface area contributed by atoms with Crippen LogP contribution < -0.4 is 0 Å². The summed E-state index contributed by atoms with van der Waals surface area (Å²) in [7, 11) is 0. The molecule has 1 aromatic rings. The van der Waals surface area contributed by atoms with E-state index in [4.69, 9.17) is 5.53 Å². The van der Waals surface area contributed by atoms with Crippen molar-refractivity contribution in [3.63, 3.8) is 0 Å². The highest BCUT2D eigenvalue weighted by Crippen LogP contribution is 2.24. The minimum Gasteiger partial charge on any atom is -0.206 e. The molecule has 0 radical (unpaired) electrons. The molecule has 0 amide bonds. The van der Waals surface area contributed by atoms with Crippen LogP contribution in [0.15, 0.2) is 23.3 Å². The molecule has 0 atom stereocenters. The van der Waals surface area contributed by atoms with Crippen molar-refractivity contribution in [2.45, 2.75) is 0 Å². The second kappa shape index (κ2) is 3.54. The van der Waals surface area contributed by atoms with Gasteiger partial charge in [-0.1, -0.05) is 11.2 Å². The lowest BCUT2D eigenvalue weighted by Gasteiger charge is -1.95. The van der Waals surface area contributed by atoms with Crippen LogP contribution in [0.1, 0.15) is 0 Å². The molecule has 0 aliphatic carbocycles. The average Bonchev–Trinajstić information content (AvgIpc) is 1.97. The third-order valence-corrected chi connectivity index (χ3v) is 1.95. The van der Waals surface area contributed by atoms with E-state index in [2.05, 4.69) is 10.0 Å². The van der Waals surface area contributed by atoms with Crippen molar-refractivity contribution in [1.29, 1.82) is 0 Å². The van der Waals surface area contributed by atoms with Gasteiger partial charge in [-0.15, -0.1) is 0 Å². The van der Waals surface area contributed by atoms with Crippen LogP contribution in [0.5, 0.6) is 0 Å². The third-order valence-electron chi connectivity index (χ3n) is 1.08. The number of azide groups is 1. The fourth-order valence-corrected chi connectivity index (χ4v) is 1.20.